The highest BCUT2D eigenvalue weighted by molar-refractivity contribution is 4.51. The lowest BCUT2D eigenvalue weighted by atomic mass is 10.6. The lowest BCUT2D eigenvalue weighted by Gasteiger charge is -2.09. The molecule has 1 aliphatic rings. The first-order chi connectivity index (χ1) is 4.41. The van der Waals surface area contributed by atoms with Gasteiger partial charge in [0.25, 0.3) is 0 Å². The smallest absolute Gasteiger partial charge is 0.0701 e. The summed E-state index contributed by atoms with van der Waals surface area (Å²) in [6.45, 7) is 9.36. The van der Waals surface area contributed by atoms with Crippen LogP contribution in [0.15, 0.2) is 18.9 Å². The normalized spacial score (nSPS) is 16.9. The first kappa shape index (κ1) is 8.44. The molecule has 0 aliphatic carbocycles. The molecular weight excluding hydrogens is 116 g/mol. The molecule has 9 heavy (non-hydrogen) atoms. The van der Waals surface area contributed by atoms with Gasteiger partial charge in [-0.05, 0) is 0 Å². The predicted molar refractivity (Wildman–Crippen MR) is 36.4 cm³/mol. The molecule has 0 atom stereocenters. The van der Waals surface area contributed by atoms with Gasteiger partial charge in [-0.25, -0.2) is 0 Å². The van der Waals surface area contributed by atoms with Crippen LogP contribution in [-0.4, -0.2) is 26.4 Å². The fourth-order valence-electron chi connectivity index (χ4n) is 0.440. The van der Waals surface area contributed by atoms with Crippen LogP contribution in [0.1, 0.15) is 0 Å². The minimum Gasteiger partial charge on any atom is -0.377 e. The third kappa shape index (κ3) is 7.44. The van der Waals surface area contributed by atoms with Crippen molar-refractivity contribution < 1.29 is 9.47 Å². The van der Waals surface area contributed by atoms with Crippen molar-refractivity contribution in [2.75, 3.05) is 26.4 Å². The molecule has 1 saturated heterocycles. The van der Waals surface area contributed by atoms with Crippen molar-refractivity contribution in [3.8, 4) is 0 Å². The maximum Gasteiger partial charge on any atom is 0.0701 e. The van der Waals surface area contributed by atoms with E-state index in [4.69, 9.17) is 9.47 Å². The van der Waals surface area contributed by atoms with Crippen molar-refractivity contribution in [2.24, 2.45) is 0 Å². The minimum atomic E-state index is 0.778. The molecule has 0 bridgehead atoms. The fourth-order valence-corrected chi connectivity index (χ4v) is 0.440. The summed E-state index contributed by atoms with van der Waals surface area (Å²) in [4.78, 5) is 0. The topological polar surface area (TPSA) is 18.5 Å². The Bertz CT molecular complexity index is 67.4. The molecule has 0 radical (unpaired) electrons. The lowest BCUT2D eigenvalue weighted by Crippen LogP contribution is -2.16. The number of hydrogen-bond acceptors (Lipinski definition) is 2. The summed E-state index contributed by atoms with van der Waals surface area (Å²) in [5.74, 6) is 0. The Labute approximate surface area is 55.8 Å². The van der Waals surface area contributed by atoms with Crippen LogP contribution in [0, 0.1) is 0 Å². The van der Waals surface area contributed by atoms with E-state index in [1.165, 1.54) is 0 Å². The Morgan fingerprint density at radius 2 is 1.11 bits per heavy atom. The zero-order valence-electron chi connectivity index (χ0n) is 5.56. The fraction of sp³-hybridized carbons (Fsp3) is 0.571. The number of hydrogen-bond donors (Lipinski definition) is 0. The SMILES string of the molecule is C1COCCO1.C=C=C. The van der Waals surface area contributed by atoms with E-state index >= 15 is 0 Å². The summed E-state index contributed by atoms with van der Waals surface area (Å²) in [7, 11) is 0. The molecular formula is C7H12O2. The summed E-state index contributed by atoms with van der Waals surface area (Å²) in [6, 6.07) is 0. The summed E-state index contributed by atoms with van der Waals surface area (Å²) >= 11 is 0. The molecule has 1 fully saturated rings. The van der Waals surface area contributed by atoms with Crippen LogP contribution in [0.4, 0.5) is 0 Å². The van der Waals surface area contributed by atoms with E-state index in [1.54, 1.807) is 0 Å². The standard InChI is InChI=1S/C4H8O2.C3H4/c1-2-6-4-3-5-1;1-3-2/h1-4H2;1-2H2. The van der Waals surface area contributed by atoms with Crippen molar-refractivity contribution in [1.82, 2.24) is 0 Å². The van der Waals surface area contributed by atoms with E-state index < -0.39 is 0 Å². The third-order valence-electron chi connectivity index (χ3n) is 0.744. The van der Waals surface area contributed by atoms with Crippen molar-refractivity contribution in [3.63, 3.8) is 0 Å². The van der Waals surface area contributed by atoms with Gasteiger partial charge in [-0.15, -0.1) is 5.73 Å². The van der Waals surface area contributed by atoms with Crippen LogP contribution in [0.5, 0.6) is 0 Å². The van der Waals surface area contributed by atoms with Crippen molar-refractivity contribution >= 4 is 0 Å². The Hall–Kier alpha value is -0.560. The van der Waals surface area contributed by atoms with Crippen molar-refractivity contribution in [3.05, 3.63) is 18.9 Å². The monoisotopic (exact) mass is 128 g/mol. The molecule has 2 heteroatoms. The molecule has 1 heterocycles. The summed E-state index contributed by atoms with van der Waals surface area (Å²) in [5, 5.41) is 0. The van der Waals surface area contributed by atoms with Gasteiger partial charge in [0.15, 0.2) is 0 Å². The number of rotatable bonds is 0. The molecule has 52 valence electrons. The molecule has 0 aromatic rings. The maximum absolute atomic E-state index is 4.94. The van der Waals surface area contributed by atoms with E-state index in [0.29, 0.717) is 0 Å². The van der Waals surface area contributed by atoms with E-state index in [2.05, 4.69) is 18.9 Å². The Kier molecular flexibility index (Phi) is 6.98. The molecule has 2 nitrogen and oxygen atoms in total. The Balaban J connectivity index is 0.000000187. The molecule has 0 aromatic carbocycles. The lowest BCUT2D eigenvalue weighted by molar-refractivity contribution is -0.0334. The predicted octanol–water partition coefficient (Wildman–Crippen LogP) is 0.991. The largest absolute Gasteiger partial charge is 0.377 e. The molecule has 1 aliphatic heterocycles. The highest BCUT2D eigenvalue weighted by Crippen LogP contribution is 1.85. The van der Waals surface area contributed by atoms with Crippen LogP contribution in [-0.2, 0) is 9.47 Å². The molecule has 0 aromatic heterocycles. The van der Waals surface area contributed by atoms with Gasteiger partial charge in [0.05, 0.1) is 26.4 Å². The van der Waals surface area contributed by atoms with Crippen LogP contribution in [0.25, 0.3) is 0 Å². The zero-order valence-corrected chi connectivity index (χ0v) is 5.56. The van der Waals surface area contributed by atoms with Crippen molar-refractivity contribution in [2.45, 2.75) is 0 Å². The first-order valence-electron chi connectivity index (χ1n) is 2.86. The van der Waals surface area contributed by atoms with Gasteiger partial charge in [0, 0.05) is 0 Å². The van der Waals surface area contributed by atoms with Crippen LogP contribution < -0.4 is 0 Å². The summed E-state index contributed by atoms with van der Waals surface area (Å²) in [6.07, 6.45) is 0. The second-order valence-corrected chi connectivity index (χ2v) is 1.47. The molecule has 0 saturated carbocycles. The van der Waals surface area contributed by atoms with E-state index in [0.717, 1.165) is 26.4 Å². The molecule has 0 amide bonds. The molecule has 0 unspecified atom stereocenters. The van der Waals surface area contributed by atoms with Crippen molar-refractivity contribution in [1.29, 1.82) is 0 Å². The first-order valence-corrected chi connectivity index (χ1v) is 2.86. The van der Waals surface area contributed by atoms with Gasteiger partial charge in [0.1, 0.15) is 0 Å². The minimum absolute atomic E-state index is 0.778. The average molecular weight is 128 g/mol. The Morgan fingerprint density at radius 1 is 0.889 bits per heavy atom. The van der Waals surface area contributed by atoms with Gasteiger partial charge < -0.3 is 9.47 Å². The zero-order chi connectivity index (χ0) is 6.95. The van der Waals surface area contributed by atoms with Gasteiger partial charge in [-0.1, -0.05) is 13.2 Å². The molecule has 0 N–H and O–H groups in total. The number of ether oxygens (including phenoxy) is 2. The van der Waals surface area contributed by atoms with Gasteiger partial charge in [-0.2, -0.15) is 0 Å². The van der Waals surface area contributed by atoms with E-state index in [9.17, 15) is 0 Å². The summed E-state index contributed by atoms with van der Waals surface area (Å²) in [5.41, 5.74) is 2.25. The third-order valence-corrected chi connectivity index (χ3v) is 0.744. The van der Waals surface area contributed by atoms with E-state index in [1.807, 2.05) is 0 Å². The van der Waals surface area contributed by atoms with Gasteiger partial charge in [0.2, 0.25) is 0 Å². The second kappa shape index (κ2) is 7.44. The summed E-state index contributed by atoms with van der Waals surface area (Å²) < 4.78 is 9.89. The quantitative estimate of drug-likeness (QED) is 0.453. The average Bonchev–Trinajstić information content (AvgIpc) is 1.93. The molecule has 0 spiro atoms. The molecule has 1 rings (SSSR count). The highest BCUT2D eigenvalue weighted by Gasteiger charge is 1.94. The second-order valence-electron chi connectivity index (χ2n) is 1.47. The van der Waals surface area contributed by atoms with Crippen LogP contribution in [0.3, 0.4) is 0 Å². The van der Waals surface area contributed by atoms with Gasteiger partial charge >= 0.3 is 0 Å². The van der Waals surface area contributed by atoms with Gasteiger partial charge in [-0.3, -0.25) is 0 Å². The van der Waals surface area contributed by atoms with Crippen LogP contribution in [0.2, 0.25) is 0 Å². The van der Waals surface area contributed by atoms with E-state index in [-0.39, 0.29) is 0 Å². The van der Waals surface area contributed by atoms with Crippen LogP contribution >= 0.6 is 0 Å². The highest BCUT2D eigenvalue weighted by atomic mass is 16.6. The maximum atomic E-state index is 4.94. The Morgan fingerprint density at radius 3 is 1.22 bits per heavy atom.